The van der Waals surface area contributed by atoms with Crippen LogP contribution in [-0.4, -0.2) is 13.5 Å². The van der Waals surface area contributed by atoms with E-state index in [-0.39, 0.29) is 16.3 Å². The smallest absolute Gasteiger partial charge is 0.240 e. The molecule has 0 saturated heterocycles. The number of nitrogens with two attached hydrogens (primary N) is 2. The Kier molecular flexibility index (Phi) is 2.71. The molecule has 0 aromatic heterocycles. The molecule has 0 aliphatic carbocycles. The Morgan fingerprint density at radius 3 is 2.28 bits per heavy atom. The van der Waals surface area contributed by atoms with Crippen molar-refractivity contribution in [2.45, 2.75) is 18.7 Å². The molecule has 18 heavy (non-hydrogen) atoms. The van der Waals surface area contributed by atoms with Gasteiger partial charge in [-0.2, -0.15) is 0 Å². The minimum absolute atomic E-state index is 0.0324. The molecule has 0 radical (unpaired) electrons. The summed E-state index contributed by atoms with van der Waals surface area (Å²) in [6.45, 7) is 3.59. The second kappa shape index (κ2) is 3.86. The summed E-state index contributed by atoms with van der Waals surface area (Å²) in [7, 11) is -3.95. The third-order valence-electron chi connectivity index (χ3n) is 3.15. The van der Waals surface area contributed by atoms with E-state index in [9.17, 15) is 13.5 Å². The van der Waals surface area contributed by atoms with Gasteiger partial charge in [0.1, 0.15) is 10.6 Å². The summed E-state index contributed by atoms with van der Waals surface area (Å²) in [5.74, 6) is -0.0324. The van der Waals surface area contributed by atoms with Crippen molar-refractivity contribution in [2.75, 3.05) is 5.73 Å². The highest BCUT2D eigenvalue weighted by atomic mass is 32.2. The molecule has 0 bridgehead atoms. The molecule has 0 aliphatic rings. The van der Waals surface area contributed by atoms with E-state index in [1.54, 1.807) is 13.0 Å². The Bertz CT molecular complexity index is 752. The molecule has 96 valence electrons. The number of hydrogen-bond acceptors (Lipinski definition) is 4. The number of rotatable bonds is 1. The Hall–Kier alpha value is -1.79. The van der Waals surface area contributed by atoms with Crippen LogP contribution in [0.5, 0.6) is 5.75 Å². The van der Waals surface area contributed by atoms with Crippen molar-refractivity contribution in [1.82, 2.24) is 0 Å². The topological polar surface area (TPSA) is 106 Å². The maximum Gasteiger partial charge on any atom is 0.240 e. The summed E-state index contributed by atoms with van der Waals surface area (Å²) in [6.07, 6.45) is 0. The van der Waals surface area contributed by atoms with Crippen LogP contribution in [0.4, 0.5) is 5.69 Å². The van der Waals surface area contributed by atoms with Crippen molar-refractivity contribution in [3.8, 4) is 5.75 Å². The molecule has 0 aliphatic heterocycles. The number of phenolic OH excluding ortho intramolecular Hbond substituents is 1. The van der Waals surface area contributed by atoms with Gasteiger partial charge in [-0.3, -0.25) is 0 Å². The van der Waals surface area contributed by atoms with Crippen LogP contribution < -0.4 is 10.9 Å². The summed E-state index contributed by atoms with van der Waals surface area (Å²) in [4.78, 5) is -0.128. The largest absolute Gasteiger partial charge is 0.508 e. The summed E-state index contributed by atoms with van der Waals surface area (Å²) in [5.41, 5.74) is 7.53. The van der Waals surface area contributed by atoms with Crippen LogP contribution in [0.15, 0.2) is 23.1 Å². The average Bonchev–Trinajstić information content (AvgIpc) is 2.24. The molecule has 2 aromatic rings. The van der Waals surface area contributed by atoms with Crippen LogP contribution in [0.25, 0.3) is 10.8 Å². The molecular formula is C12H14N2O3S. The lowest BCUT2D eigenvalue weighted by Gasteiger charge is -2.14. The van der Waals surface area contributed by atoms with E-state index in [0.717, 1.165) is 5.56 Å². The first-order chi connectivity index (χ1) is 8.23. The summed E-state index contributed by atoms with van der Waals surface area (Å²) in [6, 6.07) is 4.51. The van der Waals surface area contributed by atoms with Gasteiger partial charge in [0.2, 0.25) is 10.0 Å². The van der Waals surface area contributed by atoms with Crippen LogP contribution in [0.2, 0.25) is 0 Å². The molecule has 5 nitrogen and oxygen atoms in total. The molecule has 0 unspecified atom stereocenters. The van der Waals surface area contributed by atoms with Crippen LogP contribution in [0, 0.1) is 13.8 Å². The van der Waals surface area contributed by atoms with E-state index in [2.05, 4.69) is 0 Å². The van der Waals surface area contributed by atoms with Crippen molar-refractivity contribution >= 4 is 26.5 Å². The number of benzene rings is 2. The summed E-state index contributed by atoms with van der Waals surface area (Å²) < 4.78 is 23.3. The molecule has 2 aromatic carbocycles. The van der Waals surface area contributed by atoms with Gasteiger partial charge in [-0.25, -0.2) is 13.6 Å². The van der Waals surface area contributed by atoms with Gasteiger partial charge < -0.3 is 10.8 Å². The van der Waals surface area contributed by atoms with Gasteiger partial charge in [0.15, 0.2) is 0 Å². The van der Waals surface area contributed by atoms with Gasteiger partial charge in [-0.05, 0) is 42.5 Å². The molecule has 0 amide bonds. The Morgan fingerprint density at radius 2 is 1.72 bits per heavy atom. The number of aromatic hydroxyl groups is 1. The fraction of sp³-hybridized carbons (Fsp3) is 0.167. The molecule has 6 heteroatoms. The van der Waals surface area contributed by atoms with Gasteiger partial charge in [0, 0.05) is 5.39 Å². The highest BCUT2D eigenvalue weighted by molar-refractivity contribution is 7.89. The molecule has 0 spiro atoms. The van der Waals surface area contributed by atoms with Crippen LogP contribution in [0.3, 0.4) is 0 Å². The number of nitrogen functional groups attached to an aromatic ring is 1. The number of aryl methyl sites for hydroxylation is 1. The third kappa shape index (κ3) is 1.79. The maximum atomic E-state index is 11.7. The zero-order chi connectivity index (χ0) is 13.7. The van der Waals surface area contributed by atoms with E-state index in [1.807, 2.05) is 6.92 Å². The zero-order valence-corrected chi connectivity index (χ0v) is 10.9. The monoisotopic (exact) mass is 266 g/mol. The second-order valence-electron chi connectivity index (χ2n) is 4.27. The highest BCUT2D eigenvalue weighted by Crippen LogP contribution is 2.35. The number of hydrogen-bond donors (Lipinski definition) is 3. The predicted octanol–water partition coefficient (Wildman–Crippen LogP) is 1.39. The average molecular weight is 266 g/mol. The van der Waals surface area contributed by atoms with Crippen LogP contribution >= 0.6 is 0 Å². The molecule has 0 saturated carbocycles. The highest BCUT2D eigenvalue weighted by Gasteiger charge is 2.20. The van der Waals surface area contributed by atoms with E-state index >= 15 is 0 Å². The Morgan fingerprint density at radius 1 is 1.11 bits per heavy atom. The first kappa shape index (κ1) is 12.7. The minimum atomic E-state index is -3.95. The van der Waals surface area contributed by atoms with Gasteiger partial charge in [-0.1, -0.05) is 6.07 Å². The minimum Gasteiger partial charge on any atom is -0.508 e. The van der Waals surface area contributed by atoms with Crippen molar-refractivity contribution in [2.24, 2.45) is 5.14 Å². The molecule has 2 rings (SSSR count). The SMILES string of the molecule is Cc1c(N)c(S(N)(=O)=O)c2cc(O)ccc2c1C. The fourth-order valence-electron chi connectivity index (χ4n) is 2.07. The lowest BCUT2D eigenvalue weighted by Crippen LogP contribution is -2.16. The van der Waals surface area contributed by atoms with Crippen LogP contribution in [0.1, 0.15) is 11.1 Å². The van der Waals surface area contributed by atoms with Crippen molar-refractivity contribution in [3.63, 3.8) is 0 Å². The normalized spacial score (nSPS) is 11.9. The molecule has 0 fully saturated rings. The first-order valence-electron chi connectivity index (χ1n) is 5.27. The van der Waals surface area contributed by atoms with Gasteiger partial charge in [-0.15, -0.1) is 0 Å². The van der Waals surface area contributed by atoms with E-state index in [0.29, 0.717) is 16.3 Å². The maximum absolute atomic E-state index is 11.7. The predicted molar refractivity (Wildman–Crippen MR) is 70.9 cm³/mol. The van der Waals surface area contributed by atoms with Crippen molar-refractivity contribution < 1.29 is 13.5 Å². The van der Waals surface area contributed by atoms with Crippen molar-refractivity contribution in [1.29, 1.82) is 0 Å². The van der Waals surface area contributed by atoms with E-state index in [1.165, 1.54) is 12.1 Å². The number of sulfonamides is 1. The fourth-order valence-corrected chi connectivity index (χ4v) is 3.01. The van der Waals surface area contributed by atoms with E-state index < -0.39 is 10.0 Å². The molecule has 5 N–H and O–H groups in total. The van der Waals surface area contributed by atoms with Gasteiger partial charge >= 0.3 is 0 Å². The van der Waals surface area contributed by atoms with E-state index in [4.69, 9.17) is 10.9 Å². The lowest BCUT2D eigenvalue weighted by atomic mass is 9.99. The number of fused-ring (bicyclic) bond motifs is 1. The molecule has 0 heterocycles. The third-order valence-corrected chi connectivity index (χ3v) is 4.16. The Labute approximate surface area is 105 Å². The van der Waals surface area contributed by atoms with Gasteiger partial charge in [0.25, 0.3) is 0 Å². The van der Waals surface area contributed by atoms with Gasteiger partial charge in [0.05, 0.1) is 5.69 Å². The molecular weight excluding hydrogens is 252 g/mol. The quantitative estimate of drug-likeness (QED) is 0.678. The van der Waals surface area contributed by atoms with Crippen molar-refractivity contribution in [3.05, 3.63) is 29.3 Å². The zero-order valence-electron chi connectivity index (χ0n) is 10.1. The lowest BCUT2D eigenvalue weighted by molar-refractivity contribution is 0.476. The summed E-state index contributed by atoms with van der Waals surface area (Å²) >= 11 is 0. The number of phenols is 1. The number of primary sulfonamides is 1. The second-order valence-corrected chi connectivity index (χ2v) is 5.77. The van der Waals surface area contributed by atoms with Crippen LogP contribution in [-0.2, 0) is 10.0 Å². The first-order valence-corrected chi connectivity index (χ1v) is 6.82. The Balaban J connectivity index is 3.14. The summed E-state index contributed by atoms with van der Waals surface area (Å²) in [5, 5.41) is 15.8. The number of anilines is 1. The molecule has 0 atom stereocenters. The standard InChI is InChI=1S/C12H14N2O3S/c1-6-7(2)11(13)12(18(14,16)17)10-5-8(15)3-4-9(6)10/h3-5,15H,13H2,1-2H3,(H2,14,16,17).